The Bertz CT molecular complexity index is 766. The second-order valence-electron chi connectivity index (χ2n) is 6.19. The van der Waals surface area contributed by atoms with Crippen LogP contribution < -0.4 is 5.32 Å². The number of nitriles is 1. The molecule has 0 aromatic heterocycles. The maximum Gasteiger partial charge on any atom is 0.271 e. The summed E-state index contributed by atoms with van der Waals surface area (Å²) in [5.74, 6) is -0.392. The van der Waals surface area contributed by atoms with Crippen molar-refractivity contribution >= 4 is 28.9 Å². The van der Waals surface area contributed by atoms with Crippen LogP contribution in [0.25, 0.3) is 0 Å². The molecule has 1 amide bonds. The van der Waals surface area contributed by atoms with Gasteiger partial charge in [0.2, 0.25) is 0 Å². The Morgan fingerprint density at radius 1 is 1.50 bits per heavy atom. The third kappa shape index (κ3) is 4.71. The van der Waals surface area contributed by atoms with Crippen molar-refractivity contribution in [2.24, 2.45) is 0 Å². The number of likely N-dealkylation sites (tertiary alicyclic amines) is 1. The average Bonchev–Trinajstić information content (AvgIpc) is 2.63. The third-order valence-electron chi connectivity index (χ3n) is 4.44. The number of non-ortho nitro benzene ring substituents is 1. The van der Waals surface area contributed by atoms with Gasteiger partial charge in [-0.3, -0.25) is 14.9 Å². The molecule has 26 heavy (non-hydrogen) atoms. The third-order valence-corrected chi connectivity index (χ3v) is 4.77. The van der Waals surface area contributed by atoms with Crippen molar-refractivity contribution in [3.8, 4) is 6.07 Å². The lowest BCUT2D eigenvalue weighted by atomic mass is 10.0. The molecule has 1 heterocycles. The molecule has 1 fully saturated rings. The number of carbonyl (C=O) groups is 1. The number of amides is 1. The van der Waals surface area contributed by atoms with Gasteiger partial charge in [-0.15, -0.1) is 0 Å². The minimum atomic E-state index is -0.546. The molecule has 1 aromatic carbocycles. The lowest BCUT2D eigenvalue weighted by Crippen LogP contribution is -2.44. The van der Waals surface area contributed by atoms with Crippen molar-refractivity contribution in [3.05, 3.63) is 45.1 Å². The molecule has 0 aliphatic carbocycles. The first-order chi connectivity index (χ1) is 12.3. The zero-order valence-electron chi connectivity index (χ0n) is 14.6. The lowest BCUT2D eigenvalue weighted by molar-refractivity contribution is -0.384. The number of rotatable bonds is 5. The van der Waals surface area contributed by atoms with E-state index in [0.29, 0.717) is 0 Å². The minimum Gasteiger partial charge on any atom is -0.359 e. The van der Waals surface area contributed by atoms with E-state index in [1.165, 1.54) is 24.4 Å². The Balaban J connectivity index is 2.12. The van der Waals surface area contributed by atoms with Crippen molar-refractivity contribution in [2.45, 2.75) is 18.9 Å². The van der Waals surface area contributed by atoms with Gasteiger partial charge < -0.3 is 15.1 Å². The molecule has 0 saturated carbocycles. The van der Waals surface area contributed by atoms with Crippen LogP contribution in [0.15, 0.2) is 30.0 Å². The largest absolute Gasteiger partial charge is 0.359 e. The first kappa shape index (κ1) is 19.7. The monoisotopic (exact) mass is 377 g/mol. The maximum atomic E-state index is 12.6. The van der Waals surface area contributed by atoms with Gasteiger partial charge in [0.25, 0.3) is 11.6 Å². The quantitative estimate of drug-likeness (QED) is 0.366. The summed E-state index contributed by atoms with van der Waals surface area (Å²) >= 11 is 6.01. The normalized spacial score (nSPS) is 16.0. The number of benzene rings is 1. The molecule has 0 unspecified atom stereocenters. The van der Waals surface area contributed by atoms with Crippen LogP contribution in [-0.4, -0.2) is 53.9 Å². The highest BCUT2D eigenvalue weighted by Gasteiger charge is 2.26. The van der Waals surface area contributed by atoms with Crippen LogP contribution in [0.2, 0.25) is 5.02 Å². The van der Waals surface area contributed by atoms with Gasteiger partial charge in [0.05, 0.1) is 15.6 Å². The molecule has 2 rings (SSSR count). The van der Waals surface area contributed by atoms with Crippen LogP contribution in [-0.2, 0) is 4.79 Å². The maximum absolute atomic E-state index is 12.6. The number of hydrogen-bond acceptors (Lipinski definition) is 6. The van der Waals surface area contributed by atoms with Crippen molar-refractivity contribution in [2.75, 3.05) is 32.5 Å². The number of nitrogens with zero attached hydrogens (tertiary/aromatic N) is 4. The minimum absolute atomic E-state index is 0.0804. The number of nitro benzene ring substituents is 1. The Kier molecular flexibility index (Phi) is 6.55. The summed E-state index contributed by atoms with van der Waals surface area (Å²) in [7, 11) is 3.72. The zero-order chi connectivity index (χ0) is 19.3. The highest BCUT2D eigenvalue weighted by atomic mass is 35.5. The van der Waals surface area contributed by atoms with Crippen molar-refractivity contribution < 1.29 is 9.72 Å². The molecule has 1 aromatic rings. The van der Waals surface area contributed by atoms with Gasteiger partial charge in [-0.1, -0.05) is 11.6 Å². The molecular formula is C17H20ClN5O3. The Labute approximate surface area is 156 Å². The molecule has 0 radical (unpaired) electrons. The van der Waals surface area contributed by atoms with Crippen LogP contribution >= 0.6 is 11.6 Å². The molecule has 0 bridgehead atoms. The molecule has 1 aliphatic rings. The Morgan fingerprint density at radius 2 is 2.15 bits per heavy atom. The molecule has 1 saturated heterocycles. The van der Waals surface area contributed by atoms with Crippen LogP contribution in [0.4, 0.5) is 11.4 Å². The second kappa shape index (κ2) is 8.65. The molecule has 8 nitrogen and oxygen atoms in total. The number of halogens is 1. The standard InChI is InChI=1S/C17H20ClN5O3/c1-21-7-5-13(6-8-21)22(2)17(24)12(10-19)11-20-16-9-14(23(25)26)3-4-15(16)18/h3-4,9,11,13,20H,5-8H2,1-2H3/b12-11-. The predicted octanol–water partition coefficient (Wildman–Crippen LogP) is 2.62. The molecule has 1 aliphatic heterocycles. The highest BCUT2D eigenvalue weighted by Crippen LogP contribution is 2.27. The van der Waals surface area contributed by atoms with E-state index in [1.807, 2.05) is 13.1 Å². The van der Waals surface area contributed by atoms with Crippen LogP contribution in [0.3, 0.4) is 0 Å². The van der Waals surface area contributed by atoms with E-state index in [4.69, 9.17) is 11.6 Å². The van der Waals surface area contributed by atoms with Gasteiger partial charge in [-0.05, 0) is 39.0 Å². The number of carbonyl (C=O) groups excluding carboxylic acids is 1. The molecular weight excluding hydrogens is 358 g/mol. The fraction of sp³-hybridized carbons (Fsp3) is 0.412. The summed E-state index contributed by atoms with van der Waals surface area (Å²) in [6, 6.07) is 5.87. The molecule has 1 N–H and O–H groups in total. The summed E-state index contributed by atoms with van der Waals surface area (Å²) in [6.07, 6.45) is 2.93. The van der Waals surface area contributed by atoms with E-state index in [9.17, 15) is 20.2 Å². The average molecular weight is 378 g/mol. The number of likely N-dealkylation sites (N-methyl/N-ethyl adjacent to an activating group) is 1. The first-order valence-corrected chi connectivity index (χ1v) is 8.47. The van der Waals surface area contributed by atoms with E-state index >= 15 is 0 Å². The van der Waals surface area contributed by atoms with Crippen molar-refractivity contribution in [3.63, 3.8) is 0 Å². The summed E-state index contributed by atoms with van der Waals surface area (Å²) in [6.45, 7) is 1.80. The summed E-state index contributed by atoms with van der Waals surface area (Å²) in [5.41, 5.74) is 0.0240. The fourth-order valence-electron chi connectivity index (χ4n) is 2.77. The number of nitro groups is 1. The highest BCUT2D eigenvalue weighted by molar-refractivity contribution is 6.33. The van der Waals surface area contributed by atoms with E-state index < -0.39 is 10.8 Å². The smallest absolute Gasteiger partial charge is 0.271 e. The zero-order valence-corrected chi connectivity index (χ0v) is 15.4. The molecule has 138 valence electrons. The molecule has 0 spiro atoms. The van der Waals surface area contributed by atoms with E-state index in [1.54, 1.807) is 11.9 Å². The van der Waals surface area contributed by atoms with E-state index in [0.717, 1.165) is 25.9 Å². The van der Waals surface area contributed by atoms with Crippen LogP contribution in [0.1, 0.15) is 12.8 Å². The number of hydrogen-bond donors (Lipinski definition) is 1. The summed E-state index contributed by atoms with van der Waals surface area (Å²) in [5, 5.41) is 23.2. The number of nitrogens with one attached hydrogen (secondary N) is 1. The van der Waals surface area contributed by atoms with Gasteiger partial charge in [0.15, 0.2) is 0 Å². The van der Waals surface area contributed by atoms with Gasteiger partial charge >= 0.3 is 0 Å². The number of piperidine rings is 1. The van der Waals surface area contributed by atoms with E-state index in [-0.39, 0.29) is 28.0 Å². The summed E-state index contributed by atoms with van der Waals surface area (Å²) < 4.78 is 0. The van der Waals surface area contributed by atoms with Crippen LogP contribution in [0, 0.1) is 21.4 Å². The SMILES string of the molecule is CN1CCC(N(C)C(=O)/C(C#N)=C\Nc2cc([N+](=O)[O-])ccc2Cl)CC1. The van der Waals surface area contributed by atoms with Crippen LogP contribution in [0.5, 0.6) is 0 Å². The lowest BCUT2D eigenvalue weighted by Gasteiger charge is -2.34. The van der Waals surface area contributed by atoms with Gasteiger partial charge in [0.1, 0.15) is 11.6 Å². The molecule has 0 atom stereocenters. The van der Waals surface area contributed by atoms with E-state index in [2.05, 4.69) is 10.2 Å². The topological polar surface area (TPSA) is 103 Å². The van der Waals surface area contributed by atoms with Crippen molar-refractivity contribution in [1.82, 2.24) is 9.80 Å². The molecule has 9 heteroatoms. The van der Waals surface area contributed by atoms with Gasteiger partial charge in [-0.2, -0.15) is 5.26 Å². The van der Waals surface area contributed by atoms with Crippen molar-refractivity contribution in [1.29, 1.82) is 5.26 Å². The fourth-order valence-corrected chi connectivity index (χ4v) is 2.94. The number of anilines is 1. The predicted molar refractivity (Wildman–Crippen MR) is 98.7 cm³/mol. The Morgan fingerprint density at radius 3 is 2.73 bits per heavy atom. The Hall–Kier alpha value is -2.63. The summed E-state index contributed by atoms with van der Waals surface area (Å²) in [4.78, 5) is 26.7. The first-order valence-electron chi connectivity index (χ1n) is 8.10. The van der Waals surface area contributed by atoms with Gasteiger partial charge in [0, 0.05) is 31.4 Å². The second-order valence-corrected chi connectivity index (χ2v) is 6.59. The van der Waals surface area contributed by atoms with Gasteiger partial charge in [-0.25, -0.2) is 0 Å².